The molecule has 20 heavy (non-hydrogen) atoms. The van der Waals surface area contributed by atoms with Gasteiger partial charge in [-0.15, -0.1) is 0 Å². The zero-order valence-electron chi connectivity index (χ0n) is 11.8. The van der Waals surface area contributed by atoms with Crippen molar-refractivity contribution in [3.63, 3.8) is 0 Å². The molecule has 0 unspecified atom stereocenters. The molecule has 1 amide bonds. The number of hydrogen-bond donors (Lipinski definition) is 1. The van der Waals surface area contributed by atoms with E-state index in [4.69, 9.17) is 0 Å². The highest BCUT2D eigenvalue weighted by atomic mass is 32.2. The van der Waals surface area contributed by atoms with Gasteiger partial charge in [0, 0.05) is 17.6 Å². The Morgan fingerprint density at radius 2 is 2.05 bits per heavy atom. The van der Waals surface area contributed by atoms with Gasteiger partial charge in [-0.05, 0) is 44.0 Å². The minimum absolute atomic E-state index is 0.0474. The molecule has 5 heteroatoms. The lowest BCUT2D eigenvalue weighted by Crippen LogP contribution is -2.15. The predicted octanol–water partition coefficient (Wildman–Crippen LogP) is 3.13. The number of benzene rings is 1. The number of rotatable bonds is 4. The van der Waals surface area contributed by atoms with Crippen LogP contribution in [-0.4, -0.2) is 21.6 Å². The van der Waals surface area contributed by atoms with Crippen molar-refractivity contribution in [1.82, 2.24) is 9.97 Å². The molecule has 1 aromatic carbocycles. The second kappa shape index (κ2) is 6.52. The van der Waals surface area contributed by atoms with E-state index in [1.165, 1.54) is 11.8 Å². The molecule has 0 spiro atoms. The quantitative estimate of drug-likeness (QED) is 0.693. The van der Waals surface area contributed by atoms with Crippen LogP contribution in [0.5, 0.6) is 0 Å². The van der Waals surface area contributed by atoms with Crippen LogP contribution in [0.15, 0.2) is 35.6 Å². The fourth-order valence-corrected chi connectivity index (χ4v) is 2.36. The zero-order chi connectivity index (χ0) is 14.5. The van der Waals surface area contributed by atoms with Crippen LogP contribution >= 0.6 is 11.8 Å². The van der Waals surface area contributed by atoms with Gasteiger partial charge in [0.2, 0.25) is 5.91 Å². The number of nitrogens with zero attached hydrogens (tertiary/aromatic N) is 2. The fraction of sp³-hybridized carbons (Fsp3) is 0.267. The minimum atomic E-state index is -0.0474. The largest absolute Gasteiger partial charge is 0.325 e. The third-order valence-corrected chi connectivity index (χ3v) is 3.63. The molecule has 4 nitrogen and oxygen atoms in total. The molecule has 104 valence electrons. The van der Waals surface area contributed by atoms with E-state index in [9.17, 15) is 4.79 Å². The number of amides is 1. The summed E-state index contributed by atoms with van der Waals surface area (Å²) in [5.41, 5.74) is 3.94. The van der Waals surface area contributed by atoms with Gasteiger partial charge >= 0.3 is 0 Å². The van der Waals surface area contributed by atoms with E-state index in [0.717, 1.165) is 22.5 Å². The Morgan fingerprint density at radius 1 is 1.25 bits per heavy atom. The van der Waals surface area contributed by atoms with Gasteiger partial charge in [-0.2, -0.15) is 0 Å². The van der Waals surface area contributed by atoms with E-state index in [2.05, 4.69) is 15.3 Å². The third kappa shape index (κ3) is 4.06. The number of thioether (sulfide) groups is 1. The van der Waals surface area contributed by atoms with E-state index >= 15 is 0 Å². The maximum atomic E-state index is 11.9. The Labute approximate surface area is 123 Å². The summed E-state index contributed by atoms with van der Waals surface area (Å²) in [6.07, 6.45) is 1.70. The molecule has 0 saturated heterocycles. The number of aryl methyl sites for hydroxylation is 3. The summed E-state index contributed by atoms with van der Waals surface area (Å²) in [6, 6.07) is 7.84. The van der Waals surface area contributed by atoms with Crippen LogP contribution in [0, 0.1) is 20.8 Å². The summed E-state index contributed by atoms with van der Waals surface area (Å²) >= 11 is 1.34. The van der Waals surface area contributed by atoms with Gasteiger partial charge in [0.1, 0.15) is 0 Å². The highest BCUT2D eigenvalue weighted by Gasteiger charge is 2.07. The number of carbonyl (C=O) groups is 1. The lowest BCUT2D eigenvalue weighted by atomic mass is 10.1. The van der Waals surface area contributed by atoms with E-state index in [0.29, 0.717) is 10.9 Å². The van der Waals surface area contributed by atoms with Crippen molar-refractivity contribution >= 4 is 23.4 Å². The lowest BCUT2D eigenvalue weighted by molar-refractivity contribution is -0.113. The number of nitrogens with one attached hydrogen (secondary N) is 1. The zero-order valence-corrected chi connectivity index (χ0v) is 12.6. The number of carbonyl (C=O) groups excluding carboxylic acids is 1. The van der Waals surface area contributed by atoms with Crippen LogP contribution in [0.2, 0.25) is 0 Å². The Hall–Kier alpha value is -1.88. The summed E-state index contributed by atoms with van der Waals surface area (Å²) in [5.74, 6) is 0.255. The average molecular weight is 287 g/mol. The molecule has 0 bridgehead atoms. The van der Waals surface area contributed by atoms with Crippen molar-refractivity contribution in [3.8, 4) is 0 Å². The van der Waals surface area contributed by atoms with Crippen molar-refractivity contribution in [2.45, 2.75) is 25.9 Å². The molecular formula is C15H17N3OS. The Bertz CT molecular complexity index is 628. The SMILES string of the molecule is Cc1ccc(C)c(NC(=O)CSc2nccc(C)n2)c1. The highest BCUT2D eigenvalue weighted by Crippen LogP contribution is 2.18. The van der Waals surface area contributed by atoms with E-state index in [1.807, 2.05) is 45.0 Å². The maximum Gasteiger partial charge on any atom is 0.234 e. The van der Waals surface area contributed by atoms with Gasteiger partial charge in [-0.1, -0.05) is 23.9 Å². The lowest BCUT2D eigenvalue weighted by Gasteiger charge is -2.09. The van der Waals surface area contributed by atoms with Gasteiger partial charge in [-0.25, -0.2) is 9.97 Å². The summed E-state index contributed by atoms with van der Waals surface area (Å²) in [7, 11) is 0. The third-order valence-electron chi connectivity index (χ3n) is 2.77. The van der Waals surface area contributed by atoms with E-state index < -0.39 is 0 Å². The number of hydrogen-bond acceptors (Lipinski definition) is 4. The topological polar surface area (TPSA) is 54.9 Å². The van der Waals surface area contributed by atoms with Crippen molar-refractivity contribution in [2.24, 2.45) is 0 Å². The van der Waals surface area contributed by atoms with Gasteiger partial charge in [0.15, 0.2) is 5.16 Å². The molecule has 2 rings (SSSR count). The molecule has 1 N–H and O–H groups in total. The Kier molecular flexibility index (Phi) is 4.74. The molecule has 2 aromatic rings. The molecule has 0 aliphatic heterocycles. The van der Waals surface area contributed by atoms with Gasteiger partial charge < -0.3 is 5.32 Å². The van der Waals surface area contributed by atoms with Gasteiger partial charge in [0.05, 0.1) is 5.75 Å². The first-order valence-corrected chi connectivity index (χ1v) is 7.33. The fourth-order valence-electron chi connectivity index (χ4n) is 1.68. The van der Waals surface area contributed by atoms with Gasteiger partial charge in [0.25, 0.3) is 0 Å². The highest BCUT2D eigenvalue weighted by molar-refractivity contribution is 7.99. The number of anilines is 1. The second-order valence-corrected chi connectivity index (χ2v) is 5.58. The van der Waals surface area contributed by atoms with Gasteiger partial charge in [-0.3, -0.25) is 4.79 Å². The van der Waals surface area contributed by atoms with E-state index in [1.54, 1.807) is 6.20 Å². The van der Waals surface area contributed by atoms with Crippen molar-refractivity contribution in [3.05, 3.63) is 47.3 Å². The van der Waals surface area contributed by atoms with Crippen molar-refractivity contribution in [2.75, 3.05) is 11.1 Å². The molecule has 0 aliphatic rings. The molecular weight excluding hydrogens is 270 g/mol. The van der Waals surface area contributed by atoms with Crippen LogP contribution < -0.4 is 5.32 Å². The first kappa shape index (κ1) is 14.5. The van der Waals surface area contributed by atoms with Crippen LogP contribution in [0.3, 0.4) is 0 Å². The Morgan fingerprint density at radius 3 is 2.80 bits per heavy atom. The van der Waals surface area contributed by atoms with Crippen molar-refractivity contribution < 1.29 is 4.79 Å². The minimum Gasteiger partial charge on any atom is -0.325 e. The van der Waals surface area contributed by atoms with E-state index in [-0.39, 0.29) is 5.91 Å². The summed E-state index contributed by atoms with van der Waals surface area (Å²) < 4.78 is 0. The standard InChI is InChI=1S/C15H17N3OS/c1-10-4-5-11(2)13(8-10)18-14(19)9-20-15-16-7-6-12(3)17-15/h4-8H,9H2,1-3H3,(H,18,19). The Balaban J connectivity index is 1.94. The summed E-state index contributed by atoms with van der Waals surface area (Å²) in [4.78, 5) is 20.3. The average Bonchev–Trinajstić information content (AvgIpc) is 2.41. The summed E-state index contributed by atoms with van der Waals surface area (Å²) in [6.45, 7) is 5.89. The molecule has 0 fully saturated rings. The monoisotopic (exact) mass is 287 g/mol. The molecule has 1 heterocycles. The molecule has 0 aliphatic carbocycles. The smallest absolute Gasteiger partial charge is 0.234 e. The maximum absolute atomic E-state index is 11.9. The molecule has 0 saturated carbocycles. The number of aromatic nitrogens is 2. The molecule has 0 radical (unpaired) electrons. The predicted molar refractivity (Wildman–Crippen MR) is 82.0 cm³/mol. The van der Waals surface area contributed by atoms with Crippen LogP contribution in [0.4, 0.5) is 5.69 Å². The normalized spacial score (nSPS) is 10.3. The molecule has 0 atom stereocenters. The van der Waals surface area contributed by atoms with Crippen LogP contribution in [-0.2, 0) is 4.79 Å². The second-order valence-electron chi connectivity index (χ2n) is 4.64. The summed E-state index contributed by atoms with van der Waals surface area (Å²) in [5, 5.41) is 3.55. The van der Waals surface area contributed by atoms with Crippen molar-refractivity contribution in [1.29, 1.82) is 0 Å². The first-order valence-electron chi connectivity index (χ1n) is 6.34. The van der Waals surface area contributed by atoms with Crippen LogP contribution in [0.25, 0.3) is 0 Å². The first-order chi connectivity index (χ1) is 9.54. The molecule has 1 aromatic heterocycles. The van der Waals surface area contributed by atoms with Crippen LogP contribution in [0.1, 0.15) is 16.8 Å².